The summed E-state index contributed by atoms with van der Waals surface area (Å²) in [6, 6.07) is 13.5. The summed E-state index contributed by atoms with van der Waals surface area (Å²) in [6.45, 7) is 3.58. The lowest BCUT2D eigenvalue weighted by molar-refractivity contribution is 0.0996. The number of carbonyl (C=O) groups is 1. The van der Waals surface area contributed by atoms with Gasteiger partial charge in [0.25, 0.3) is 0 Å². The average Bonchev–Trinajstić information content (AvgIpc) is 2.47. The minimum atomic E-state index is 0.0856. The number of benzene rings is 2. The fourth-order valence-electron chi connectivity index (χ4n) is 1.94. The summed E-state index contributed by atoms with van der Waals surface area (Å²) in [5.74, 6) is 0.883. The van der Waals surface area contributed by atoms with Crippen molar-refractivity contribution >= 4 is 21.7 Å². The largest absolute Gasteiger partial charge is 0.496 e. The third-order valence-electron chi connectivity index (χ3n) is 3.02. The Morgan fingerprint density at radius 3 is 2.40 bits per heavy atom. The molecule has 2 aromatic carbocycles. The molecule has 0 amide bonds. The Hall–Kier alpha value is -1.87. The highest BCUT2D eigenvalue weighted by atomic mass is 79.9. The zero-order valence-electron chi connectivity index (χ0n) is 11.2. The predicted molar refractivity (Wildman–Crippen MR) is 85.3 cm³/mol. The van der Waals surface area contributed by atoms with E-state index in [1.807, 2.05) is 42.5 Å². The van der Waals surface area contributed by atoms with Crippen LogP contribution in [0.15, 0.2) is 59.6 Å². The molecule has 2 aromatic rings. The van der Waals surface area contributed by atoms with E-state index in [4.69, 9.17) is 4.74 Å². The smallest absolute Gasteiger partial charge is 0.166 e. The summed E-state index contributed by atoms with van der Waals surface area (Å²) in [4.78, 5) is 11.7. The zero-order valence-corrected chi connectivity index (χ0v) is 12.8. The van der Waals surface area contributed by atoms with Crippen molar-refractivity contribution < 1.29 is 9.53 Å². The average molecular weight is 331 g/mol. The van der Waals surface area contributed by atoms with Gasteiger partial charge in [-0.3, -0.25) is 4.79 Å². The molecule has 0 N–H and O–H groups in total. The fourth-order valence-corrected chi connectivity index (χ4v) is 2.48. The summed E-state index contributed by atoms with van der Waals surface area (Å²) in [5, 5.41) is 0. The molecule has 0 atom stereocenters. The molecule has 0 bridgehead atoms. The molecule has 0 saturated carbocycles. The lowest BCUT2D eigenvalue weighted by atomic mass is 10.0. The molecule has 2 rings (SSSR count). The van der Waals surface area contributed by atoms with Gasteiger partial charge in [-0.05, 0) is 39.2 Å². The van der Waals surface area contributed by atoms with Crippen molar-refractivity contribution in [3.63, 3.8) is 0 Å². The third kappa shape index (κ3) is 3.17. The maximum absolute atomic E-state index is 11.7. The second kappa shape index (κ2) is 6.53. The van der Waals surface area contributed by atoms with E-state index in [2.05, 4.69) is 22.5 Å². The molecule has 3 heteroatoms. The lowest BCUT2D eigenvalue weighted by Gasteiger charge is -2.07. The first-order chi connectivity index (χ1) is 9.65. The number of ether oxygens (including phenoxy) is 1. The van der Waals surface area contributed by atoms with Gasteiger partial charge in [-0.25, -0.2) is 0 Å². The van der Waals surface area contributed by atoms with E-state index >= 15 is 0 Å². The Bertz CT molecular complexity index is 630. The van der Waals surface area contributed by atoms with Gasteiger partial charge in [0.1, 0.15) is 5.75 Å². The van der Waals surface area contributed by atoms with E-state index < -0.39 is 0 Å². The Balaban J connectivity index is 2.28. The van der Waals surface area contributed by atoms with Crippen molar-refractivity contribution in [1.29, 1.82) is 0 Å². The Morgan fingerprint density at radius 2 is 1.85 bits per heavy atom. The number of Topliss-reactive ketones (excluding diaryl/α,β-unsaturated/α-hetero) is 1. The molecule has 0 heterocycles. The number of allylic oxidation sites excluding steroid dienone is 1. The second-order valence-electron chi connectivity index (χ2n) is 4.34. The van der Waals surface area contributed by atoms with Gasteiger partial charge in [0.05, 0.1) is 11.6 Å². The normalized spacial score (nSPS) is 10.1. The molecule has 20 heavy (non-hydrogen) atoms. The molecular formula is C17H15BrO2. The van der Waals surface area contributed by atoms with Gasteiger partial charge < -0.3 is 4.74 Å². The minimum Gasteiger partial charge on any atom is -0.496 e. The monoisotopic (exact) mass is 330 g/mol. The molecule has 0 aliphatic rings. The standard InChI is InChI=1S/C17H15BrO2/c1-3-4-16(19)13-7-5-12(6-8-13)14-9-10-17(20-2)15(18)11-14/h3,5-11H,1,4H2,2H3. The van der Waals surface area contributed by atoms with Crippen LogP contribution in [0.25, 0.3) is 11.1 Å². The number of ketones is 1. The third-order valence-corrected chi connectivity index (χ3v) is 3.64. The molecule has 0 radical (unpaired) electrons. The van der Waals surface area contributed by atoms with Crippen LogP contribution in [0, 0.1) is 0 Å². The van der Waals surface area contributed by atoms with Crippen LogP contribution >= 0.6 is 15.9 Å². The van der Waals surface area contributed by atoms with Crippen molar-refractivity contribution in [2.75, 3.05) is 7.11 Å². The minimum absolute atomic E-state index is 0.0856. The van der Waals surface area contributed by atoms with Crippen LogP contribution < -0.4 is 4.74 Å². The molecule has 0 fully saturated rings. The summed E-state index contributed by atoms with van der Waals surface area (Å²) in [5.41, 5.74) is 2.84. The lowest BCUT2D eigenvalue weighted by Crippen LogP contribution is -1.96. The van der Waals surface area contributed by atoms with Crippen LogP contribution in [0.3, 0.4) is 0 Å². The summed E-state index contributed by atoms with van der Waals surface area (Å²) in [7, 11) is 1.64. The quantitative estimate of drug-likeness (QED) is 0.576. The molecule has 0 aliphatic heterocycles. The fraction of sp³-hybridized carbons (Fsp3) is 0.118. The number of rotatable bonds is 5. The van der Waals surface area contributed by atoms with E-state index in [1.165, 1.54) is 0 Å². The first-order valence-electron chi connectivity index (χ1n) is 6.23. The molecule has 0 aromatic heterocycles. The van der Waals surface area contributed by atoms with E-state index in [-0.39, 0.29) is 5.78 Å². The highest BCUT2D eigenvalue weighted by Crippen LogP contribution is 2.30. The van der Waals surface area contributed by atoms with Gasteiger partial charge in [-0.15, -0.1) is 6.58 Å². The second-order valence-corrected chi connectivity index (χ2v) is 5.20. The topological polar surface area (TPSA) is 26.3 Å². The number of carbonyl (C=O) groups excluding carboxylic acids is 1. The molecule has 102 valence electrons. The van der Waals surface area contributed by atoms with E-state index in [9.17, 15) is 4.79 Å². The van der Waals surface area contributed by atoms with Gasteiger partial charge in [0, 0.05) is 12.0 Å². The molecular weight excluding hydrogens is 316 g/mol. The van der Waals surface area contributed by atoms with Crippen LogP contribution in [-0.4, -0.2) is 12.9 Å². The Kier molecular flexibility index (Phi) is 4.74. The summed E-state index contributed by atoms with van der Waals surface area (Å²) < 4.78 is 6.12. The van der Waals surface area contributed by atoms with Crippen LogP contribution in [0.1, 0.15) is 16.8 Å². The molecule has 0 spiro atoms. The van der Waals surface area contributed by atoms with Crippen LogP contribution in [-0.2, 0) is 0 Å². The molecule has 0 aliphatic carbocycles. The van der Waals surface area contributed by atoms with Crippen molar-refractivity contribution in [3.05, 3.63) is 65.2 Å². The van der Waals surface area contributed by atoms with Crippen molar-refractivity contribution in [3.8, 4) is 16.9 Å². The zero-order chi connectivity index (χ0) is 14.5. The van der Waals surface area contributed by atoms with E-state index in [1.54, 1.807) is 13.2 Å². The SMILES string of the molecule is C=CCC(=O)c1ccc(-c2ccc(OC)c(Br)c2)cc1. The summed E-state index contributed by atoms with van der Waals surface area (Å²) >= 11 is 3.47. The predicted octanol–water partition coefficient (Wildman–Crippen LogP) is 4.88. The van der Waals surface area contributed by atoms with Gasteiger partial charge in [-0.2, -0.15) is 0 Å². The first kappa shape index (κ1) is 14.5. The molecule has 0 unspecified atom stereocenters. The number of hydrogen-bond acceptors (Lipinski definition) is 2. The number of halogens is 1. The Labute approximate surface area is 127 Å². The van der Waals surface area contributed by atoms with Gasteiger partial charge in [0.2, 0.25) is 0 Å². The maximum Gasteiger partial charge on any atom is 0.166 e. The highest BCUT2D eigenvalue weighted by molar-refractivity contribution is 9.10. The van der Waals surface area contributed by atoms with Crippen LogP contribution in [0.4, 0.5) is 0 Å². The first-order valence-corrected chi connectivity index (χ1v) is 7.03. The Morgan fingerprint density at radius 1 is 1.20 bits per heavy atom. The van der Waals surface area contributed by atoms with Crippen LogP contribution in [0.5, 0.6) is 5.75 Å². The van der Waals surface area contributed by atoms with E-state index in [0.717, 1.165) is 21.3 Å². The summed E-state index contributed by atoms with van der Waals surface area (Å²) in [6.07, 6.45) is 1.99. The van der Waals surface area contributed by atoms with Crippen molar-refractivity contribution in [1.82, 2.24) is 0 Å². The van der Waals surface area contributed by atoms with Gasteiger partial charge >= 0.3 is 0 Å². The number of hydrogen-bond donors (Lipinski definition) is 0. The van der Waals surface area contributed by atoms with Crippen molar-refractivity contribution in [2.24, 2.45) is 0 Å². The molecule has 0 saturated heterocycles. The van der Waals surface area contributed by atoms with E-state index in [0.29, 0.717) is 12.0 Å². The van der Waals surface area contributed by atoms with Crippen molar-refractivity contribution in [2.45, 2.75) is 6.42 Å². The number of methoxy groups -OCH3 is 1. The van der Waals surface area contributed by atoms with Gasteiger partial charge in [-0.1, -0.05) is 36.4 Å². The highest BCUT2D eigenvalue weighted by Gasteiger charge is 2.06. The molecule has 2 nitrogen and oxygen atoms in total. The maximum atomic E-state index is 11.7. The van der Waals surface area contributed by atoms with Crippen LogP contribution in [0.2, 0.25) is 0 Å². The van der Waals surface area contributed by atoms with Gasteiger partial charge in [0.15, 0.2) is 5.78 Å².